The SMILES string of the molecule is CC1OCCCO1.CC1OCCO1. The second-order valence-corrected chi connectivity index (χ2v) is 2.97. The molecule has 0 unspecified atom stereocenters. The van der Waals surface area contributed by atoms with Gasteiger partial charge in [-0.3, -0.25) is 0 Å². The average Bonchev–Trinajstić information content (AvgIpc) is 2.58. The summed E-state index contributed by atoms with van der Waals surface area (Å²) < 4.78 is 20.0. The Morgan fingerprint density at radius 3 is 1.31 bits per heavy atom. The molecule has 4 heteroatoms. The molecule has 13 heavy (non-hydrogen) atoms. The van der Waals surface area contributed by atoms with Crippen LogP contribution in [0.1, 0.15) is 20.3 Å². The van der Waals surface area contributed by atoms with Gasteiger partial charge in [-0.05, 0) is 20.3 Å². The van der Waals surface area contributed by atoms with Gasteiger partial charge in [0.2, 0.25) is 0 Å². The van der Waals surface area contributed by atoms with Crippen LogP contribution in [0.15, 0.2) is 0 Å². The molecule has 0 saturated carbocycles. The van der Waals surface area contributed by atoms with Crippen LogP contribution in [-0.4, -0.2) is 39.0 Å². The van der Waals surface area contributed by atoms with Crippen LogP contribution in [0.2, 0.25) is 0 Å². The van der Waals surface area contributed by atoms with E-state index in [1.807, 2.05) is 13.8 Å². The van der Waals surface area contributed by atoms with E-state index in [2.05, 4.69) is 0 Å². The third kappa shape index (κ3) is 5.21. The Morgan fingerprint density at radius 2 is 1.08 bits per heavy atom. The molecule has 2 saturated heterocycles. The number of rotatable bonds is 0. The summed E-state index contributed by atoms with van der Waals surface area (Å²) in [5, 5.41) is 0. The van der Waals surface area contributed by atoms with Crippen LogP contribution in [0.25, 0.3) is 0 Å². The molecule has 0 amide bonds. The lowest BCUT2D eigenvalue weighted by atomic mass is 10.4. The standard InChI is InChI=1S/C5H10O2.C4H8O2/c1-5-6-3-2-4-7-5;1-4-5-2-3-6-4/h5H,2-4H2,1H3;4H,2-3H2,1H3. The van der Waals surface area contributed by atoms with Gasteiger partial charge >= 0.3 is 0 Å². The highest BCUT2D eigenvalue weighted by atomic mass is 16.7. The topological polar surface area (TPSA) is 36.9 Å². The van der Waals surface area contributed by atoms with Crippen LogP contribution < -0.4 is 0 Å². The largest absolute Gasteiger partial charge is 0.353 e. The first kappa shape index (κ1) is 10.9. The molecule has 0 aromatic heterocycles. The molecule has 2 heterocycles. The lowest BCUT2D eigenvalue weighted by Gasteiger charge is -2.18. The minimum atomic E-state index is 0.0359. The summed E-state index contributed by atoms with van der Waals surface area (Å²) in [6.07, 6.45) is 1.13. The van der Waals surface area contributed by atoms with Gasteiger partial charge in [-0.2, -0.15) is 0 Å². The molecular formula is C9H18O4. The maximum atomic E-state index is 5.06. The van der Waals surface area contributed by atoms with E-state index >= 15 is 0 Å². The van der Waals surface area contributed by atoms with Crippen LogP contribution in [-0.2, 0) is 18.9 Å². The summed E-state index contributed by atoms with van der Waals surface area (Å²) in [6, 6.07) is 0. The van der Waals surface area contributed by atoms with E-state index in [1.54, 1.807) is 0 Å². The third-order valence-corrected chi connectivity index (χ3v) is 1.78. The Kier molecular flexibility index (Phi) is 5.31. The van der Waals surface area contributed by atoms with E-state index < -0.39 is 0 Å². The molecule has 2 aliphatic rings. The molecule has 0 spiro atoms. The Balaban J connectivity index is 0.000000132. The fourth-order valence-corrected chi connectivity index (χ4v) is 1.08. The van der Waals surface area contributed by atoms with Gasteiger partial charge in [0.25, 0.3) is 0 Å². The lowest BCUT2D eigenvalue weighted by molar-refractivity contribution is -0.167. The maximum Gasteiger partial charge on any atom is 0.155 e. The van der Waals surface area contributed by atoms with Gasteiger partial charge in [-0.1, -0.05) is 0 Å². The molecule has 2 rings (SSSR count). The van der Waals surface area contributed by atoms with Gasteiger partial charge < -0.3 is 18.9 Å². The monoisotopic (exact) mass is 190 g/mol. The van der Waals surface area contributed by atoms with Crippen molar-refractivity contribution in [2.75, 3.05) is 26.4 Å². The fourth-order valence-electron chi connectivity index (χ4n) is 1.08. The van der Waals surface area contributed by atoms with Gasteiger partial charge in [-0.25, -0.2) is 0 Å². The van der Waals surface area contributed by atoms with E-state index in [9.17, 15) is 0 Å². The van der Waals surface area contributed by atoms with Crippen molar-refractivity contribution < 1.29 is 18.9 Å². The molecule has 0 N–H and O–H groups in total. The fraction of sp³-hybridized carbons (Fsp3) is 1.00. The summed E-state index contributed by atoms with van der Waals surface area (Å²) in [7, 11) is 0. The van der Waals surface area contributed by atoms with Crippen molar-refractivity contribution in [1.82, 2.24) is 0 Å². The second kappa shape index (κ2) is 6.32. The van der Waals surface area contributed by atoms with Crippen LogP contribution in [0.5, 0.6) is 0 Å². The summed E-state index contributed by atoms with van der Waals surface area (Å²) in [6.45, 7) is 7.07. The van der Waals surface area contributed by atoms with Crippen molar-refractivity contribution in [1.29, 1.82) is 0 Å². The van der Waals surface area contributed by atoms with Crippen molar-refractivity contribution >= 4 is 0 Å². The summed E-state index contributed by atoms with van der Waals surface area (Å²) in [5.41, 5.74) is 0. The second-order valence-electron chi connectivity index (χ2n) is 2.97. The van der Waals surface area contributed by atoms with Crippen molar-refractivity contribution in [2.45, 2.75) is 32.8 Å². The van der Waals surface area contributed by atoms with Gasteiger partial charge in [0.15, 0.2) is 12.6 Å². The molecule has 0 aliphatic carbocycles. The molecular weight excluding hydrogens is 172 g/mol. The van der Waals surface area contributed by atoms with Gasteiger partial charge in [0.1, 0.15) is 0 Å². The van der Waals surface area contributed by atoms with E-state index in [-0.39, 0.29) is 12.6 Å². The molecule has 0 aromatic carbocycles. The zero-order chi connectivity index (χ0) is 9.52. The lowest BCUT2D eigenvalue weighted by Crippen LogP contribution is -2.21. The van der Waals surface area contributed by atoms with Crippen molar-refractivity contribution in [3.8, 4) is 0 Å². The minimum absolute atomic E-state index is 0.0359. The smallest absolute Gasteiger partial charge is 0.155 e. The van der Waals surface area contributed by atoms with E-state index in [4.69, 9.17) is 18.9 Å². The Morgan fingerprint density at radius 1 is 0.692 bits per heavy atom. The molecule has 0 aromatic rings. The highest BCUT2D eigenvalue weighted by molar-refractivity contribution is 4.42. The van der Waals surface area contributed by atoms with Crippen molar-refractivity contribution in [3.05, 3.63) is 0 Å². The number of ether oxygens (including phenoxy) is 4. The van der Waals surface area contributed by atoms with Crippen molar-refractivity contribution in [3.63, 3.8) is 0 Å². The zero-order valence-corrected chi connectivity index (χ0v) is 8.32. The molecule has 78 valence electrons. The average molecular weight is 190 g/mol. The molecule has 0 radical (unpaired) electrons. The van der Waals surface area contributed by atoms with Gasteiger partial charge in [-0.15, -0.1) is 0 Å². The van der Waals surface area contributed by atoms with E-state index in [0.717, 1.165) is 32.8 Å². The number of hydrogen-bond donors (Lipinski definition) is 0. The predicted octanol–water partition coefficient (Wildman–Crippen LogP) is 1.15. The summed E-state index contributed by atoms with van der Waals surface area (Å²) in [4.78, 5) is 0. The Hall–Kier alpha value is -0.160. The maximum absolute atomic E-state index is 5.06. The molecule has 2 aliphatic heterocycles. The predicted molar refractivity (Wildman–Crippen MR) is 47.3 cm³/mol. The van der Waals surface area contributed by atoms with Crippen LogP contribution in [0.3, 0.4) is 0 Å². The highest BCUT2D eigenvalue weighted by Crippen LogP contribution is 2.01. The number of hydrogen-bond acceptors (Lipinski definition) is 4. The third-order valence-electron chi connectivity index (χ3n) is 1.78. The normalized spacial score (nSPS) is 25.4. The first-order chi connectivity index (χ1) is 6.29. The Bertz CT molecular complexity index is 117. The quantitative estimate of drug-likeness (QED) is 0.574. The summed E-state index contributed by atoms with van der Waals surface area (Å²) in [5.74, 6) is 0. The van der Waals surface area contributed by atoms with Gasteiger partial charge in [0, 0.05) is 0 Å². The molecule has 0 bridgehead atoms. The Labute approximate surface area is 79.1 Å². The zero-order valence-electron chi connectivity index (χ0n) is 8.32. The minimum Gasteiger partial charge on any atom is -0.353 e. The van der Waals surface area contributed by atoms with Crippen molar-refractivity contribution in [2.24, 2.45) is 0 Å². The van der Waals surface area contributed by atoms with Crippen LogP contribution in [0, 0.1) is 0 Å². The van der Waals surface area contributed by atoms with Gasteiger partial charge in [0.05, 0.1) is 26.4 Å². The van der Waals surface area contributed by atoms with Crippen LogP contribution in [0.4, 0.5) is 0 Å². The van der Waals surface area contributed by atoms with E-state index in [0.29, 0.717) is 0 Å². The first-order valence-corrected chi connectivity index (χ1v) is 4.75. The molecule has 4 nitrogen and oxygen atoms in total. The first-order valence-electron chi connectivity index (χ1n) is 4.75. The van der Waals surface area contributed by atoms with E-state index in [1.165, 1.54) is 0 Å². The molecule has 0 atom stereocenters. The van der Waals surface area contributed by atoms with Crippen LogP contribution >= 0.6 is 0 Å². The summed E-state index contributed by atoms with van der Waals surface area (Å²) >= 11 is 0. The molecule has 2 fully saturated rings. The highest BCUT2D eigenvalue weighted by Gasteiger charge is 2.07.